The molecular formula is C24H27Cl2N5OS. The van der Waals surface area contributed by atoms with E-state index in [1.54, 1.807) is 22.2 Å². The predicted octanol–water partition coefficient (Wildman–Crippen LogP) is 3.88. The third-order valence-corrected chi connectivity index (χ3v) is 7.73. The highest BCUT2D eigenvalue weighted by atomic mass is 35.5. The van der Waals surface area contributed by atoms with Crippen molar-refractivity contribution in [2.45, 2.75) is 19.6 Å². The van der Waals surface area contributed by atoms with E-state index in [-0.39, 0.29) is 30.4 Å². The van der Waals surface area contributed by atoms with Gasteiger partial charge in [0, 0.05) is 68.3 Å². The summed E-state index contributed by atoms with van der Waals surface area (Å²) in [5, 5.41) is 6.78. The van der Waals surface area contributed by atoms with E-state index >= 15 is 0 Å². The van der Waals surface area contributed by atoms with Crippen molar-refractivity contribution in [1.29, 1.82) is 0 Å². The zero-order valence-electron chi connectivity index (χ0n) is 18.2. The molecule has 9 heteroatoms. The number of rotatable bonds is 4. The molecule has 2 aromatic heterocycles. The normalized spacial score (nSPS) is 15.9. The largest absolute Gasteiger partial charge is 0.368 e. The molecule has 1 fully saturated rings. The predicted molar refractivity (Wildman–Crippen MR) is 142 cm³/mol. The number of anilines is 1. The van der Waals surface area contributed by atoms with Crippen LogP contribution in [0.15, 0.2) is 53.6 Å². The molecule has 6 rings (SSSR count). The number of aromatic nitrogens is 2. The van der Waals surface area contributed by atoms with Gasteiger partial charge in [-0.1, -0.05) is 36.4 Å². The Bertz CT molecular complexity index is 1320. The average Bonchev–Trinajstić information content (AvgIpc) is 3.40. The van der Waals surface area contributed by atoms with Crippen LogP contribution in [-0.2, 0) is 19.6 Å². The molecule has 0 spiro atoms. The zero-order chi connectivity index (χ0) is 20.8. The van der Waals surface area contributed by atoms with E-state index < -0.39 is 0 Å². The molecule has 2 aliphatic heterocycles. The molecule has 1 N–H and O–H groups in total. The van der Waals surface area contributed by atoms with Crippen LogP contribution in [0.2, 0.25) is 0 Å². The molecule has 2 aliphatic rings. The summed E-state index contributed by atoms with van der Waals surface area (Å²) in [6.07, 6.45) is 1.73. The minimum absolute atomic E-state index is 0. The smallest absolute Gasteiger partial charge is 0.262 e. The monoisotopic (exact) mass is 503 g/mol. The molecule has 0 amide bonds. The number of hydrogen-bond donors (Lipinski definition) is 1. The maximum Gasteiger partial charge on any atom is 0.262 e. The Labute approximate surface area is 209 Å². The second kappa shape index (κ2) is 9.99. The molecular weight excluding hydrogens is 477 g/mol. The maximum atomic E-state index is 13.1. The van der Waals surface area contributed by atoms with Crippen LogP contribution in [0.5, 0.6) is 0 Å². The van der Waals surface area contributed by atoms with Crippen molar-refractivity contribution < 1.29 is 0 Å². The number of piperazine rings is 1. The van der Waals surface area contributed by atoms with Crippen molar-refractivity contribution in [3.05, 3.63) is 69.6 Å². The molecule has 1 saturated heterocycles. The van der Waals surface area contributed by atoms with Crippen LogP contribution in [0.3, 0.4) is 0 Å². The summed E-state index contributed by atoms with van der Waals surface area (Å²) >= 11 is 1.65. The molecule has 4 aromatic rings. The van der Waals surface area contributed by atoms with Crippen LogP contribution in [0.4, 0.5) is 5.69 Å². The Morgan fingerprint density at radius 2 is 1.73 bits per heavy atom. The number of halogens is 2. The summed E-state index contributed by atoms with van der Waals surface area (Å²) in [4.78, 5) is 24.7. The number of nitrogens with one attached hydrogen (secondary N) is 1. The molecule has 4 heterocycles. The van der Waals surface area contributed by atoms with E-state index in [0.29, 0.717) is 6.54 Å². The van der Waals surface area contributed by atoms with Gasteiger partial charge in [0.05, 0.1) is 11.7 Å². The van der Waals surface area contributed by atoms with E-state index in [4.69, 9.17) is 0 Å². The first-order valence-electron chi connectivity index (χ1n) is 10.9. The molecule has 0 aliphatic carbocycles. The summed E-state index contributed by atoms with van der Waals surface area (Å²) in [7, 11) is 0. The van der Waals surface area contributed by atoms with Crippen molar-refractivity contribution in [1.82, 2.24) is 19.8 Å². The van der Waals surface area contributed by atoms with Gasteiger partial charge in [-0.05, 0) is 17.0 Å². The lowest BCUT2D eigenvalue weighted by molar-refractivity contribution is 0.247. The Morgan fingerprint density at radius 3 is 2.58 bits per heavy atom. The van der Waals surface area contributed by atoms with Gasteiger partial charge in [0.1, 0.15) is 4.83 Å². The van der Waals surface area contributed by atoms with Crippen molar-refractivity contribution in [3.8, 4) is 0 Å². The van der Waals surface area contributed by atoms with Crippen LogP contribution in [0.1, 0.15) is 10.4 Å². The van der Waals surface area contributed by atoms with E-state index in [0.717, 1.165) is 61.6 Å². The molecule has 0 radical (unpaired) electrons. The molecule has 6 nitrogen and oxygen atoms in total. The first-order valence-corrected chi connectivity index (χ1v) is 11.7. The van der Waals surface area contributed by atoms with Crippen molar-refractivity contribution in [3.63, 3.8) is 0 Å². The first-order chi connectivity index (χ1) is 15.3. The quantitative estimate of drug-likeness (QED) is 0.457. The molecule has 33 heavy (non-hydrogen) atoms. The molecule has 174 valence electrons. The number of fused-ring (bicyclic) bond motifs is 4. The number of nitrogens with zero attached hydrogens (tertiary/aromatic N) is 4. The second-order valence-electron chi connectivity index (χ2n) is 8.36. The van der Waals surface area contributed by atoms with Crippen LogP contribution < -0.4 is 15.8 Å². The van der Waals surface area contributed by atoms with Gasteiger partial charge in [0.2, 0.25) is 0 Å². The molecule has 0 bridgehead atoms. The Hall–Kier alpha value is -2.16. The summed E-state index contributed by atoms with van der Waals surface area (Å²) in [5.41, 5.74) is 2.60. The van der Waals surface area contributed by atoms with E-state index in [2.05, 4.69) is 62.6 Å². The number of benzene rings is 2. The Morgan fingerprint density at radius 1 is 0.939 bits per heavy atom. The SMILES string of the molecule is Cl.Cl.O=c1c2c3c(sc2ncn1CCN1CCN(c2cccc4ccccc24)CC1)CNC3. The highest BCUT2D eigenvalue weighted by molar-refractivity contribution is 7.18. The zero-order valence-corrected chi connectivity index (χ0v) is 20.6. The molecule has 0 unspecified atom stereocenters. The fourth-order valence-corrected chi connectivity index (χ4v) is 5.98. The minimum Gasteiger partial charge on any atom is -0.368 e. The molecule has 0 saturated carbocycles. The van der Waals surface area contributed by atoms with Gasteiger partial charge in [-0.2, -0.15) is 0 Å². The Kier molecular flexibility index (Phi) is 7.26. The third-order valence-electron chi connectivity index (χ3n) is 6.59. The molecule has 0 atom stereocenters. The average molecular weight is 504 g/mol. The van der Waals surface area contributed by atoms with Crippen molar-refractivity contribution in [2.24, 2.45) is 0 Å². The van der Waals surface area contributed by atoms with E-state index in [9.17, 15) is 4.79 Å². The van der Waals surface area contributed by atoms with Crippen LogP contribution in [-0.4, -0.2) is 47.2 Å². The van der Waals surface area contributed by atoms with Crippen LogP contribution in [0.25, 0.3) is 21.0 Å². The van der Waals surface area contributed by atoms with Gasteiger partial charge >= 0.3 is 0 Å². The standard InChI is InChI=1S/C24H25N5OS.2ClH/c30-24-22-19-14-25-15-21(19)31-23(22)26-16-29(24)13-10-27-8-11-28(12-9-27)20-7-3-5-17-4-1-2-6-18(17)20;;/h1-7,16,25H,8-15H2;2*1H. The third kappa shape index (κ3) is 4.36. The first kappa shape index (κ1) is 24.0. The highest BCUT2D eigenvalue weighted by Gasteiger charge is 2.22. The summed E-state index contributed by atoms with van der Waals surface area (Å²) in [5.74, 6) is 0. The van der Waals surface area contributed by atoms with Gasteiger partial charge in [-0.15, -0.1) is 36.2 Å². The number of hydrogen-bond acceptors (Lipinski definition) is 6. The molecule has 2 aromatic carbocycles. The van der Waals surface area contributed by atoms with Gasteiger partial charge < -0.3 is 10.2 Å². The van der Waals surface area contributed by atoms with Crippen LogP contribution in [0, 0.1) is 0 Å². The van der Waals surface area contributed by atoms with Gasteiger partial charge in [-0.3, -0.25) is 14.3 Å². The second-order valence-corrected chi connectivity index (χ2v) is 9.44. The van der Waals surface area contributed by atoms with Crippen molar-refractivity contribution >= 4 is 62.8 Å². The van der Waals surface area contributed by atoms with Gasteiger partial charge in [-0.25, -0.2) is 4.98 Å². The van der Waals surface area contributed by atoms with Crippen molar-refractivity contribution in [2.75, 3.05) is 37.6 Å². The minimum atomic E-state index is 0. The number of thiophene rings is 1. The lowest BCUT2D eigenvalue weighted by Crippen LogP contribution is -2.47. The summed E-state index contributed by atoms with van der Waals surface area (Å²) in [6.45, 7) is 7.23. The Balaban J connectivity index is 0.00000130. The fourth-order valence-electron chi connectivity index (χ4n) is 4.86. The summed E-state index contributed by atoms with van der Waals surface area (Å²) < 4.78 is 1.80. The topological polar surface area (TPSA) is 53.4 Å². The summed E-state index contributed by atoms with van der Waals surface area (Å²) in [6, 6.07) is 15.2. The van der Waals surface area contributed by atoms with Gasteiger partial charge in [0.25, 0.3) is 5.56 Å². The van der Waals surface area contributed by atoms with Gasteiger partial charge in [0.15, 0.2) is 0 Å². The lowest BCUT2D eigenvalue weighted by atomic mass is 10.1. The maximum absolute atomic E-state index is 13.1. The fraction of sp³-hybridized carbons (Fsp3) is 0.333. The van der Waals surface area contributed by atoms with Crippen LogP contribution >= 0.6 is 36.2 Å². The highest BCUT2D eigenvalue weighted by Crippen LogP contribution is 2.30. The van der Waals surface area contributed by atoms with E-state index in [1.165, 1.54) is 21.3 Å². The van der Waals surface area contributed by atoms with E-state index in [1.807, 2.05) is 0 Å². The lowest BCUT2D eigenvalue weighted by Gasteiger charge is -2.36.